The predicted molar refractivity (Wildman–Crippen MR) is 72.0 cm³/mol. The second-order valence-electron chi connectivity index (χ2n) is 4.31. The average molecular weight is 283 g/mol. The van der Waals surface area contributed by atoms with Crippen LogP contribution in [0.15, 0.2) is 29.3 Å². The molecule has 1 heterocycles. The Kier molecular flexibility index (Phi) is 3.57. The third kappa shape index (κ3) is 2.61. The summed E-state index contributed by atoms with van der Waals surface area (Å²) in [5.74, 6) is -1.53. The Hall–Kier alpha value is -1.88. The Morgan fingerprint density at radius 3 is 2.84 bits per heavy atom. The summed E-state index contributed by atoms with van der Waals surface area (Å²) in [4.78, 5) is 15.0. The SMILES string of the molecule is Nc1cc(C2(CCC(=O)O)C=CC=N2)c(Cl)cc1F. The molecular weight excluding hydrogens is 271 g/mol. The van der Waals surface area contributed by atoms with Crippen molar-refractivity contribution in [3.63, 3.8) is 0 Å². The number of rotatable bonds is 4. The molecule has 0 fully saturated rings. The van der Waals surface area contributed by atoms with E-state index in [1.54, 1.807) is 18.4 Å². The fourth-order valence-electron chi connectivity index (χ4n) is 2.06. The second-order valence-corrected chi connectivity index (χ2v) is 4.72. The molecule has 0 amide bonds. The molecule has 1 atom stereocenters. The molecule has 1 aromatic carbocycles. The van der Waals surface area contributed by atoms with E-state index < -0.39 is 17.3 Å². The number of aliphatic imine (C=N–C) groups is 1. The number of halogens is 2. The molecule has 1 unspecified atom stereocenters. The summed E-state index contributed by atoms with van der Waals surface area (Å²) in [7, 11) is 0. The van der Waals surface area contributed by atoms with E-state index in [0.29, 0.717) is 5.56 Å². The van der Waals surface area contributed by atoms with Crippen LogP contribution in [-0.4, -0.2) is 17.3 Å². The van der Waals surface area contributed by atoms with Gasteiger partial charge in [0.2, 0.25) is 0 Å². The van der Waals surface area contributed by atoms with Gasteiger partial charge in [-0.3, -0.25) is 9.79 Å². The maximum absolute atomic E-state index is 13.3. The minimum atomic E-state index is -0.930. The molecule has 100 valence electrons. The van der Waals surface area contributed by atoms with Crippen LogP contribution < -0.4 is 5.73 Å². The highest BCUT2D eigenvalue weighted by molar-refractivity contribution is 6.31. The van der Waals surface area contributed by atoms with Crippen LogP contribution in [0.1, 0.15) is 18.4 Å². The zero-order valence-electron chi connectivity index (χ0n) is 9.94. The highest BCUT2D eigenvalue weighted by Crippen LogP contribution is 2.40. The number of hydrogen-bond acceptors (Lipinski definition) is 3. The number of carboxylic acids is 1. The summed E-state index contributed by atoms with van der Waals surface area (Å²) in [5, 5.41) is 8.99. The van der Waals surface area contributed by atoms with Crippen molar-refractivity contribution in [2.45, 2.75) is 18.4 Å². The van der Waals surface area contributed by atoms with Crippen LogP contribution in [-0.2, 0) is 10.3 Å². The summed E-state index contributed by atoms with van der Waals surface area (Å²) in [6.07, 6.45) is 5.18. The third-order valence-corrected chi connectivity index (χ3v) is 3.35. The first kappa shape index (κ1) is 13.5. The average Bonchev–Trinajstić information content (AvgIpc) is 2.81. The molecule has 0 spiro atoms. The van der Waals surface area contributed by atoms with Crippen LogP contribution in [0.4, 0.5) is 10.1 Å². The zero-order valence-corrected chi connectivity index (χ0v) is 10.7. The molecule has 4 nitrogen and oxygen atoms in total. The van der Waals surface area contributed by atoms with Gasteiger partial charge in [0.15, 0.2) is 0 Å². The van der Waals surface area contributed by atoms with Gasteiger partial charge in [-0.1, -0.05) is 17.7 Å². The van der Waals surface area contributed by atoms with Gasteiger partial charge in [0.1, 0.15) is 11.4 Å². The number of benzene rings is 1. The first-order valence-electron chi connectivity index (χ1n) is 5.64. The number of carboxylic acid groups (broad SMARTS) is 1. The van der Waals surface area contributed by atoms with Crippen LogP contribution in [0.5, 0.6) is 0 Å². The standard InChI is InChI=1S/C13H12ClFN2O2/c14-9-7-10(15)11(16)6-8(9)13(3-1-5-17-13)4-2-12(18)19/h1,3,5-7H,2,4,16H2,(H,18,19). The molecule has 2 rings (SSSR count). The van der Waals surface area contributed by atoms with Gasteiger partial charge in [-0.2, -0.15) is 0 Å². The summed E-state index contributed by atoms with van der Waals surface area (Å²) in [6, 6.07) is 2.53. The number of nitrogens with zero attached hydrogens (tertiary/aromatic N) is 1. The lowest BCUT2D eigenvalue weighted by atomic mass is 9.86. The number of aliphatic carboxylic acids is 1. The fraction of sp³-hybridized carbons (Fsp3) is 0.231. The van der Waals surface area contributed by atoms with Gasteiger partial charge in [-0.05, 0) is 24.6 Å². The maximum atomic E-state index is 13.3. The van der Waals surface area contributed by atoms with Crippen LogP contribution in [0.2, 0.25) is 5.02 Å². The molecule has 1 aliphatic heterocycles. The van der Waals surface area contributed by atoms with E-state index >= 15 is 0 Å². The normalized spacial score (nSPS) is 20.9. The number of nitrogens with two attached hydrogens (primary N) is 1. The third-order valence-electron chi connectivity index (χ3n) is 3.04. The summed E-state index contributed by atoms with van der Waals surface area (Å²) < 4.78 is 13.3. The minimum Gasteiger partial charge on any atom is -0.481 e. The van der Waals surface area contributed by atoms with Gasteiger partial charge in [0.25, 0.3) is 0 Å². The Labute approximate surface area is 114 Å². The van der Waals surface area contributed by atoms with Crippen molar-refractivity contribution in [3.8, 4) is 0 Å². The van der Waals surface area contributed by atoms with Gasteiger partial charge in [-0.25, -0.2) is 4.39 Å². The molecular formula is C13H12ClFN2O2. The monoisotopic (exact) mass is 282 g/mol. The van der Waals surface area contributed by atoms with E-state index in [0.717, 1.165) is 6.07 Å². The number of carbonyl (C=O) groups is 1. The molecule has 0 radical (unpaired) electrons. The van der Waals surface area contributed by atoms with Crippen molar-refractivity contribution in [3.05, 3.63) is 40.7 Å². The molecule has 0 aliphatic carbocycles. The maximum Gasteiger partial charge on any atom is 0.303 e. The first-order chi connectivity index (χ1) is 8.94. The van der Waals surface area contributed by atoms with Crippen molar-refractivity contribution in [1.29, 1.82) is 0 Å². The molecule has 19 heavy (non-hydrogen) atoms. The highest BCUT2D eigenvalue weighted by atomic mass is 35.5. The smallest absolute Gasteiger partial charge is 0.303 e. The van der Waals surface area contributed by atoms with Gasteiger partial charge >= 0.3 is 5.97 Å². The van der Waals surface area contributed by atoms with Crippen molar-refractivity contribution in [2.75, 3.05) is 5.73 Å². The van der Waals surface area contributed by atoms with E-state index in [2.05, 4.69) is 4.99 Å². The molecule has 1 aliphatic rings. The highest BCUT2D eigenvalue weighted by Gasteiger charge is 2.33. The topological polar surface area (TPSA) is 75.7 Å². The summed E-state index contributed by atoms with van der Waals surface area (Å²) in [5.41, 5.74) is 5.14. The van der Waals surface area contributed by atoms with Crippen molar-refractivity contribution in [1.82, 2.24) is 0 Å². The first-order valence-corrected chi connectivity index (χ1v) is 6.02. The number of allylic oxidation sites excluding steroid dienone is 1. The zero-order chi connectivity index (χ0) is 14.0. The van der Waals surface area contributed by atoms with Crippen molar-refractivity contribution >= 4 is 29.5 Å². The van der Waals surface area contributed by atoms with Gasteiger partial charge in [-0.15, -0.1) is 0 Å². The quantitative estimate of drug-likeness (QED) is 0.834. The van der Waals surface area contributed by atoms with E-state index in [9.17, 15) is 9.18 Å². The molecule has 0 saturated carbocycles. The number of hydrogen-bond donors (Lipinski definition) is 2. The number of nitrogen functional groups attached to an aromatic ring is 1. The lowest BCUT2D eigenvalue weighted by Gasteiger charge is -2.25. The Bertz CT molecular complexity index is 572. The van der Waals surface area contributed by atoms with Gasteiger partial charge in [0.05, 0.1) is 5.69 Å². The van der Waals surface area contributed by atoms with E-state index in [4.69, 9.17) is 22.4 Å². The van der Waals surface area contributed by atoms with Crippen molar-refractivity contribution in [2.24, 2.45) is 4.99 Å². The number of anilines is 1. The largest absolute Gasteiger partial charge is 0.481 e. The van der Waals surface area contributed by atoms with E-state index in [1.807, 2.05) is 0 Å². The van der Waals surface area contributed by atoms with Crippen LogP contribution in [0.3, 0.4) is 0 Å². The Morgan fingerprint density at radius 1 is 1.53 bits per heavy atom. The van der Waals surface area contributed by atoms with Crippen LogP contribution in [0.25, 0.3) is 0 Å². The molecule has 3 N–H and O–H groups in total. The lowest BCUT2D eigenvalue weighted by Crippen LogP contribution is -2.21. The molecule has 1 aromatic rings. The molecule has 0 saturated heterocycles. The Morgan fingerprint density at radius 2 is 2.26 bits per heavy atom. The van der Waals surface area contributed by atoms with Crippen molar-refractivity contribution < 1.29 is 14.3 Å². The van der Waals surface area contributed by atoms with Gasteiger partial charge in [0, 0.05) is 23.2 Å². The molecule has 6 heteroatoms. The summed E-state index contributed by atoms with van der Waals surface area (Å²) in [6.45, 7) is 0. The van der Waals surface area contributed by atoms with E-state index in [1.165, 1.54) is 6.07 Å². The van der Waals surface area contributed by atoms with Gasteiger partial charge < -0.3 is 10.8 Å². The minimum absolute atomic E-state index is 0.0374. The molecule has 0 bridgehead atoms. The lowest BCUT2D eigenvalue weighted by molar-refractivity contribution is -0.137. The predicted octanol–water partition coefficient (Wildman–Crippen LogP) is 2.76. The van der Waals surface area contributed by atoms with E-state index in [-0.39, 0.29) is 23.6 Å². The molecule has 0 aromatic heterocycles. The second kappa shape index (κ2) is 5.01. The van der Waals surface area contributed by atoms with Crippen LogP contribution >= 0.6 is 11.6 Å². The summed E-state index contributed by atoms with van der Waals surface area (Å²) >= 11 is 6.04. The fourth-order valence-corrected chi connectivity index (χ4v) is 2.37. The Balaban J connectivity index is 2.45. The van der Waals surface area contributed by atoms with Crippen LogP contribution in [0, 0.1) is 5.82 Å².